The number of halogens is 1. The average Bonchev–Trinajstić information content (AvgIpc) is 2.91. The van der Waals surface area contributed by atoms with Crippen LogP contribution in [0.15, 0.2) is 77.7 Å². The van der Waals surface area contributed by atoms with Gasteiger partial charge in [0.15, 0.2) is 0 Å². The molecule has 0 aliphatic heterocycles. The normalized spacial score (nSPS) is 12.0. The van der Waals surface area contributed by atoms with E-state index >= 15 is 0 Å². The molecule has 2 amide bonds. The molecule has 1 N–H and O–H groups in total. The lowest BCUT2D eigenvalue weighted by Gasteiger charge is -2.32. The predicted octanol–water partition coefficient (Wildman–Crippen LogP) is 5.49. The molecule has 0 heterocycles. The fourth-order valence-electron chi connectivity index (χ4n) is 4.09. The number of hydrogen-bond donors (Lipinski definition) is 1. The summed E-state index contributed by atoms with van der Waals surface area (Å²) in [5, 5.41) is 3.08. The van der Waals surface area contributed by atoms with Crippen molar-refractivity contribution in [1.82, 2.24) is 10.2 Å². The number of sulfonamides is 1. The fraction of sp³-hybridized carbons (Fsp3) is 0.333. The third kappa shape index (κ3) is 7.61. The zero-order valence-electron chi connectivity index (χ0n) is 22.9. The zero-order valence-corrected chi connectivity index (χ0v) is 24.4. The topological polar surface area (TPSA) is 86.8 Å². The third-order valence-electron chi connectivity index (χ3n) is 6.61. The van der Waals surface area contributed by atoms with Gasteiger partial charge in [-0.3, -0.25) is 13.9 Å². The Labute approximate surface area is 236 Å². The van der Waals surface area contributed by atoms with Gasteiger partial charge in [0.25, 0.3) is 10.0 Å². The lowest BCUT2D eigenvalue weighted by molar-refractivity contribution is -0.139. The molecule has 9 heteroatoms. The molecule has 0 spiro atoms. The summed E-state index contributed by atoms with van der Waals surface area (Å²) in [5.74, 6) is -0.817. The first-order chi connectivity index (χ1) is 18.6. The average molecular weight is 570 g/mol. The second-order valence-electron chi connectivity index (χ2n) is 9.54. The number of amides is 2. The molecule has 39 heavy (non-hydrogen) atoms. The maximum absolute atomic E-state index is 14.0. The largest absolute Gasteiger partial charge is 0.354 e. The second-order valence-corrected chi connectivity index (χ2v) is 11.8. The molecule has 0 bridgehead atoms. The van der Waals surface area contributed by atoms with Gasteiger partial charge in [0.05, 0.1) is 15.6 Å². The molecule has 1 atom stereocenters. The van der Waals surface area contributed by atoms with Crippen molar-refractivity contribution in [2.24, 2.45) is 0 Å². The maximum atomic E-state index is 14.0. The number of benzene rings is 3. The lowest BCUT2D eigenvalue weighted by atomic mass is 10.1. The van der Waals surface area contributed by atoms with E-state index in [1.54, 1.807) is 43.3 Å². The lowest BCUT2D eigenvalue weighted by Crippen LogP contribution is -2.51. The molecule has 0 aromatic heterocycles. The summed E-state index contributed by atoms with van der Waals surface area (Å²) in [6.45, 7) is 7.60. The number of anilines is 1. The Balaban J connectivity index is 2.02. The van der Waals surface area contributed by atoms with E-state index in [1.807, 2.05) is 45.0 Å². The zero-order chi connectivity index (χ0) is 28.6. The van der Waals surface area contributed by atoms with E-state index in [9.17, 15) is 18.0 Å². The molecule has 0 radical (unpaired) electrons. The molecule has 0 saturated carbocycles. The van der Waals surface area contributed by atoms with Crippen LogP contribution in [0.2, 0.25) is 5.02 Å². The number of carbonyl (C=O) groups is 2. The Bertz CT molecular complexity index is 1390. The first kappa shape index (κ1) is 30.2. The van der Waals surface area contributed by atoms with Crippen LogP contribution in [0.25, 0.3) is 0 Å². The summed E-state index contributed by atoms with van der Waals surface area (Å²) in [6.07, 6.45) is 1.74. The first-order valence-electron chi connectivity index (χ1n) is 13.0. The third-order valence-corrected chi connectivity index (χ3v) is 8.70. The van der Waals surface area contributed by atoms with Crippen LogP contribution in [-0.2, 0) is 26.2 Å². The molecule has 3 aromatic carbocycles. The van der Waals surface area contributed by atoms with Crippen LogP contribution in [-0.4, -0.2) is 44.3 Å². The molecule has 0 unspecified atom stereocenters. The minimum absolute atomic E-state index is 0.0385. The van der Waals surface area contributed by atoms with E-state index in [0.717, 1.165) is 33.8 Å². The summed E-state index contributed by atoms with van der Waals surface area (Å²) in [4.78, 5) is 28.5. The van der Waals surface area contributed by atoms with Crippen molar-refractivity contribution < 1.29 is 18.0 Å². The number of unbranched alkanes of at least 4 members (excludes halogenated alkanes) is 1. The minimum Gasteiger partial charge on any atom is -0.354 e. The smallest absolute Gasteiger partial charge is 0.264 e. The molecule has 3 rings (SSSR count). The number of nitrogens with zero attached hydrogens (tertiary/aromatic N) is 2. The number of aryl methyl sites for hydroxylation is 2. The van der Waals surface area contributed by atoms with Gasteiger partial charge in [0.2, 0.25) is 11.8 Å². The molecule has 208 valence electrons. The van der Waals surface area contributed by atoms with Crippen molar-refractivity contribution in [3.8, 4) is 0 Å². The van der Waals surface area contributed by atoms with E-state index in [4.69, 9.17) is 11.6 Å². The molecule has 0 fully saturated rings. The Hall–Kier alpha value is -3.36. The first-order valence-corrected chi connectivity index (χ1v) is 14.8. The summed E-state index contributed by atoms with van der Waals surface area (Å²) < 4.78 is 28.7. The van der Waals surface area contributed by atoms with Crippen molar-refractivity contribution in [3.63, 3.8) is 0 Å². The van der Waals surface area contributed by atoms with Gasteiger partial charge >= 0.3 is 0 Å². The molecular formula is C30H36ClN3O4S. The fourth-order valence-corrected chi connectivity index (χ4v) is 5.82. The molecule has 3 aromatic rings. The van der Waals surface area contributed by atoms with Gasteiger partial charge < -0.3 is 10.2 Å². The molecule has 0 aliphatic rings. The minimum atomic E-state index is -4.17. The quantitative estimate of drug-likeness (QED) is 0.292. The van der Waals surface area contributed by atoms with Crippen molar-refractivity contribution >= 4 is 39.1 Å². The summed E-state index contributed by atoms with van der Waals surface area (Å²) in [7, 11) is -4.17. The standard InChI is InChI=1S/C30H36ClN3O4S/c1-5-6-19-32-30(36)24(4)33(20-25-12-8-7-11-23(25)3)29(35)21-34(28-14-10-9-13-27(28)31)39(37,38)26-17-15-22(2)16-18-26/h7-18,24H,5-6,19-21H2,1-4H3,(H,32,36)/t24-/m1/s1. The Kier molecular flexibility index (Phi) is 10.5. The van der Waals surface area contributed by atoms with Gasteiger partial charge in [0, 0.05) is 13.1 Å². The number of rotatable bonds is 12. The monoisotopic (exact) mass is 569 g/mol. The van der Waals surface area contributed by atoms with Crippen molar-refractivity contribution in [2.45, 2.75) is 58.0 Å². The Morgan fingerprint density at radius 1 is 0.949 bits per heavy atom. The van der Waals surface area contributed by atoms with Crippen LogP contribution in [0.1, 0.15) is 43.4 Å². The highest BCUT2D eigenvalue weighted by Gasteiger charge is 2.33. The van der Waals surface area contributed by atoms with Crippen LogP contribution in [0.3, 0.4) is 0 Å². The summed E-state index contributed by atoms with van der Waals surface area (Å²) in [6, 6.07) is 19.7. The highest BCUT2D eigenvalue weighted by molar-refractivity contribution is 7.92. The summed E-state index contributed by atoms with van der Waals surface area (Å²) >= 11 is 6.44. The number of para-hydroxylation sites is 1. The van der Waals surface area contributed by atoms with Gasteiger partial charge in [-0.2, -0.15) is 0 Å². The van der Waals surface area contributed by atoms with Crippen LogP contribution in [0.5, 0.6) is 0 Å². The molecule has 0 saturated heterocycles. The van der Waals surface area contributed by atoms with E-state index < -0.39 is 28.5 Å². The van der Waals surface area contributed by atoms with Gasteiger partial charge in [-0.05, 0) is 62.6 Å². The van der Waals surface area contributed by atoms with Crippen LogP contribution in [0.4, 0.5) is 5.69 Å². The predicted molar refractivity (Wildman–Crippen MR) is 156 cm³/mol. The van der Waals surface area contributed by atoms with Gasteiger partial charge in [-0.15, -0.1) is 0 Å². The van der Waals surface area contributed by atoms with Crippen molar-refractivity contribution in [3.05, 3.63) is 94.5 Å². The Morgan fingerprint density at radius 3 is 2.23 bits per heavy atom. The van der Waals surface area contributed by atoms with Gasteiger partial charge in [0.1, 0.15) is 12.6 Å². The highest BCUT2D eigenvalue weighted by atomic mass is 35.5. The highest BCUT2D eigenvalue weighted by Crippen LogP contribution is 2.31. The maximum Gasteiger partial charge on any atom is 0.264 e. The van der Waals surface area contributed by atoms with Crippen LogP contribution < -0.4 is 9.62 Å². The van der Waals surface area contributed by atoms with Crippen LogP contribution >= 0.6 is 11.6 Å². The number of carbonyl (C=O) groups excluding carboxylic acids is 2. The number of nitrogens with one attached hydrogen (secondary N) is 1. The Morgan fingerprint density at radius 2 is 1.59 bits per heavy atom. The molecule has 0 aliphatic carbocycles. The van der Waals surface area contributed by atoms with E-state index in [0.29, 0.717) is 6.54 Å². The molecular weight excluding hydrogens is 534 g/mol. The van der Waals surface area contributed by atoms with E-state index in [2.05, 4.69) is 5.32 Å². The SMILES string of the molecule is CCCCNC(=O)[C@@H](C)N(Cc1ccccc1C)C(=O)CN(c1ccccc1Cl)S(=O)(=O)c1ccc(C)cc1. The molecule has 7 nitrogen and oxygen atoms in total. The van der Waals surface area contributed by atoms with Gasteiger partial charge in [-0.1, -0.05) is 79.0 Å². The van der Waals surface area contributed by atoms with Crippen molar-refractivity contribution in [1.29, 1.82) is 0 Å². The number of hydrogen-bond acceptors (Lipinski definition) is 4. The van der Waals surface area contributed by atoms with Crippen molar-refractivity contribution in [2.75, 3.05) is 17.4 Å². The van der Waals surface area contributed by atoms with E-state index in [1.165, 1.54) is 17.0 Å². The van der Waals surface area contributed by atoms with Gasteiger partial charge in [-0.25, -0.2) is 8.42 Å². The second kappa shape index (κ2) is 13.6. The van der Waals surface area contributed by atoms with E-state index in [-0.39, 0.29) is 28.1 Å². The summed E-state index contributed by atoms with van der Waals surface area (Å²) in [5.41, 5.74) is 2.92. The van der Waals surface area contributed by atoms with Crippen LogP contribution in [0, 0.1) is 13.8 Å².